The number of rotatable bonds is 3. The number of ether oxygens (including phenoxy) is 2. The summed E-state index contributed by atoms with van der Waals surface area (Å²) in [5.74, 6) is 1.77. The Morgan fingerprint density at radius 3 is 2.56 bits per heavy atom. The second-order valence-electron chi connectivity index (χ2n) is 5.42. The van der Waals surface area contributed by atoms with E-state index >= 15 is 0 Å². The Morgan fingerprint density at radius 2 is 1.80 bits per heavy atom. The number of hydrogen-bond acceptors (Lipinski definition) is 6. The zero-order valence-electron chi connectivity index (χ0n) is 13.8. The first-order valence-corrected chi connectivity index (χ1v) is 7.90. The molecule has 0 aliphatic carbocycles. The number of hydrogen-bond donors (Lipinski definition) is 0. The quantitative estimate of drug-likeness (QED) is 0.561. The molecule has 1 aromatic carbocycles. The first kappa shape index (κ1) is 15.6. The van der Waals surface area contributed by atoms with Crippen LogP contribution in [0.15, 0.2) is 30.3 Å². The van der Waals surface area contributed by atoms with Gasteiger partial charge in [0.1, 0.15) is 11.3 Å². The van der Waals surface area contributed by atoms with Gasteiger partial charge in [0.15, 0.2) is 17.1 Å². The van der Waals surface area contributed by atoms with E-state index in [2.05, 4.69) is 20.2 Å². The molecular weight excluding hydrogens is 342 g/mol. The Morgan fingerprint density at radius 1 is 0.960 bits per heavy atom. The first-order chi connectivity index (χ1) is 12.1. The summed E-state index contributed by atoms with van der Waals surface area (Å²) < 4.78 is 12.6. The smallest absolute Gasteiger partial charge is 0.215 e. The van der Waals surface area contributed by atoms with Crippen molar-refractivity contribution in [2.24, 2.45) is 0 Å². The van der Waals surface area contributed by atoms with Crippen LogP contribution in [0.25, 0.3) is 28.2 Å². The summed E-state index contributed by atoms with van der Waals surface area (Å²) >= 11 is 6.19. The number of halogens is 1. The van der Waals surface area contributed by atoms with E-state index in [9.17, 15) is 0 Å². The lowest BCUT2D eigenvalue weighted by Gasteiger charge is -2.09. The van der Waals surface area contributed by atoms with Gasteiger partial charge >= 0.3 is 0 Å². The summed E-state index contributed by atoms with van der Waals surface area (Å²) in [6, 6.07) is 8.93. The third-order valence-electron chi connectivity index (χ3n) is 3.93. The Labute approximate surface area is 148 Å². The molecule has 3 heterocycles. The van der Waals surface area contributed by atoms with Crippen molar-refractivity contribution in [1.82, 2.24) is 24.6 Å². The molecule has 0 unspecified atom stereocenters. The predicted octanol–water partition coefficient (Wildman–Crippen LogP) is 3.32. The third-order valence-corrected chi connectivity index (χ3v) is 4.16. The number of fused-ring (bicyclic) bond motifs is 3. The Balaban J connectivity index is 2.15. The van der Waals surface area contributed by atoms with Gasteiger partial charge in [-0.2, -0.15) is 4.98 Å². The van der Waals surface area contributed by atoms with Crippen molar-refractivity contribution in [1.29, 1.82) is 0 Å². The Kier molecular flexibility index (Phi) is 3.65. The number of nitrogens with zero attached hydrogens (tertiary/aromatic N) is 5. The topological polar surface area (TPSA) is 74.4 Å². The molecule has 0 fully saturated rings. The predicted molar refractivity (Wildman–Crippen MR) is 94.4 cm³/mol. The highest BCUT2D eigenvalue weighted by atomic mass is 35.5. The Bertz CT molecular complexity index is 1110. The van der Waals surface area contributed by atoms with E-state index in [-0.39, 0.29) is 0 Å². The first-order valence-electron chi connectivity index (χ1n) is 7.52. The molecule has 3 aromatic heterocycles. The average Bonchev–Trinajstić information content (AvgIpc) is 2.98. The van der Waals surface area contributed by atoms with Crippen LogP contribution in [0.4, 0.5) is 0 Å². The summed E-state index contributed by atoms with van der Waals surface area (Å²) in [5, 5.41) is 9.10. The van der Waals surface area contributed by atoms with E-state index < -0.39 is 0 Å². The molecule has 7 nitrogen and oxygen atoms in total. The summed E-state index contributed by atoms with van der Waals surface area (Å²) in [7, 11) is 3.18. The fourth-order valence-corrected chi connectivity index (χ4v) is 2.93. The zero-order valence-corrected chi connectivity index (χ0v) is 14.6. The second kappa shape index (κ2) is 5.86. The van der Waals surface area contributed by atoms with Crippen LogP contribution in [0.2, 0.25) is 5.02 Å². The molecule has 0 amide bonds. The van der Waals surface area contributed by atoms with Crippen LogP contribution >= 0.6 is 11.6 Å². The van der Waals surface area contributed by atoms with E-state index in [1.54, 1.807) is 38.5 Å². The fourth-order valence-electron chi connectivity index (χ4n) is 2.76. The van der Waals surface area contributed by atoms with Gasteiger partial charge in [-0.15, -0.1) is 10.2 Å². The lowest BCUT2D eigenvalue weighted by Crippen LogP contribution is -2.01. The summed E-state index contributed by atoms with van der Waals surface area (Å²) in [4.78, 5) is 9.18. The number of aryl methyl sites for hydroxylation is 1. The average molecular weight is 356 g/mol. The summed E-state index contributed by atoms with van der Waals surface area (Å²) in [6.45, 7) is 1.87. The van der Waals surface area contributed by atoms with Gasteiger partial charge in [-0.25, -0.2) is 4.98 Å². The number of aromatic nitrogens is 5. The van der Waals surface area contributed by atoms with Crippen LogP contribution in [0, 0.1) is 6.92 Å². The maximum atomic E-state index is 6.19. The van der Waals surface area contributed by atoms with Crippen molar-refractivity contribution < 1.29 is 9.47 Å². The molecule has 0 saturated heterocycles. The largest absolute Gasteiger partial charge is 0.496 e. The monoisotopic (exact) mass is 355 g/mol. The van der Waals surface area contributed by atoms with Crippen LogP contribution in [0.3, 0.4) is 0 Å². The minimum absolute atomic E-state index is 0.483. The van der Waals surface area contributed by atoms with Gasteiger partial charge in [0.05, 0.1) is 25.5 Å². The molecule has 0 bridgehead atoms. The zero-order chi connectivity index (χ0) is 17.6. The van der Waals surface area contributed by atoms with Gasteiger partial charge in [0.25, 0.3) is 0 Å². The minimum Gasteiger partial charge on any atom is -0.496 e. The van der Waals surface area contributed by atoms with Crippen LogP contribution in [-0.4, -0.2) is 38.8 Å². The van der Waals surface area contributed by atoms with Gasteiger partial charge in [-0.3, -0.25) is 4.40 Å². The van der Waals surface area contributed by atoms with E-state index in [1.165, 1.54) is 0 Å². The van der Waals surface area contributed by atoms with Crippen LogP contribution in [0.5, 0.6) is 11.6 Å². The third kappa shape index (κ3) is 2.44. The van der Waals surface area contributed by atoms with Gasteiger partial charge < -0.3 is 9.47 Å². The van der Waals surface area contributed by atoms with Crippen molar-refractivity contribution in [3.05, 3.63) is 41.0 Å². The Hall–Kier alpha value is -2.93. The molecule has 8 heteroatoms. The van der Waals surface area contributed by atoms with E-state index in [0.29, 0.717) is 39.3 Å². The van der Waals surface area contributed by atoms with Gasteiger partial charge in [-0.05, 0) is 31.2 Å². The molecule has 0 radical (unpaired) electrons. The maximum Gasteiger partial charge on any atom is 0.215 e. The van der Waals surface area contributed by atoms with Gasteiger partial charge in [-0.1, -0.05) is 11.6 Å². The van der Waals surface area contributed by atoms with Crippen molar-refractivity contribution in [3.8, 4) is 23.0 Å². The molecule has 0 aliphatic heterocycles. The standard InChI is InChI=1S/C17H14ClN5O2/c1-9-15-22-21-12-5-7-14(25-3)20-17(12)23(15)16(19-9)11-8-10(18)4-6-13(11)24-2/h4-8H,1-3H3. The second-order valence-corrected chi connectivity index (χ2v) is 5.86. The molecule has 4 aromatic rings. The highest BCUT2D eigenvalue weighted by molar-refractivity contribution is 6.30. The van der Waals surface area contributed by atoms with Crippen molar-refractivity contribution in [3.63, 3.8) is 0 Å². The summed E-state index contributed by atoms with van der Waals surface area (Å²) in [6.07, 6.45) is 0. The number of imidazole rings is 1. The SMILES string of the molecule is COc1ccc2nnc3c(C)nc(-c4cc(Cl)ccc4OC)n3c2n1. The maximum absolute atomic E-state index is 6.19. The van der Waals surface area contributed by atoms with E-state index in [4.69, 9.17) is 21.1 Å². The highest BCUT2D eigenvalue weighted by Crippen LogP contribution is 2.33. The number of benzene rings is 1. The van der Waals surface area contributed by atoms with E-state index in [1.807, 2.05) is 17.4 Å². The van der Waals surface area contributed by atoms with Crippen molar-refractivity contribution in [2.45, 2.75) is 6.92 Å². The van der Waals surface area contributed by atoms with E-state index in [0.717, 1.165) is 11.3 Å². The number of pyridine rings is 1. The molecule has 0 aliphatic rings. The molecule has 126 valence electrons. The molecule has 25 heavy (non-hydrogen) atoms. The normalized spacial score (nSPS) is 11.2. The van der Waals surface area contributed by atoms with Crippen LogP contribution in [-0.2, 0) is 0 Å². The molecule has 0 spiro atoms. The molecule has 0 saturated carbocycles. The van der Waals surface area contributed by atoms with Gasteiger partial charge in [0.2, 0.25) is 5.88 Å². The summed E-state index contributed by atoms with van der Waals surface area (Å²) in [5.41, 5.74) is 3.33. The lowest BCUT2D eigenvalue weighted by atomic mass is 10.2. The fraction of sp³-hybridized carbons (Fsp3) is 0.176. The van der Waals surface area contributed by atoms with Gasteiger partial charge in [0, 0.05) is 11.1 Å². The highest BCUT2D eigenvalue weighted by Gasteiger charge is 2.19. The molecular formula is C17H14ClN5O2. The minimum atomic E-state index is 0.483. The molecule has 0 atom stereocenters. The van der Waals surface area contributed by atoms with Crippen LogP contribution < -0.4 is 9.47 Å². The molecule has 4 rings (SSSR count). The lowest BCUT2D eigenvalue weighted by molar-refractivity contribution is 0.399. The van der Waals surface area contributed by atoms with Crippen molar-refractivity contribution in [2.75, 3.05) is 14.2 Å². The number of methoxy groups -OCH3 is 2. The van der Waals surface area contributed by atoms with Crippen molar-refractivity contribution >= 4 is 28.4 Å². The molecule has 0 N–H and O–H groups in total. The van der Waals surface area contributed by atoms with Crippen LogP contribution in [0.1, 0.15) is 5.69 Å².